The van der Waals surface area contributed by atoms with Gasteiger partial charge in [-0.15, -0.1) is 0 Å². The Hall–Kier alpha value is -0.580. The summed E-state index contributed by atoms with van der Waals surface area (Å²) in [5.41, 5.74) is 0. The zero-order chi connectivity index (χ0) is 10.8. The molecular formula is C9H16O4S. The molecule has 0 aromatic carbocycles. The quantitative estimate of drug-likeness (QED) is 0.649. The number of carbonyl (C=O) groups is 1. The molecule has 0 aromatic heterocycles. The molecule has 5 heteroatoms. The lowest BCUT2D eigenvalue weighted by molar-refractivity contribution is -0.147. The van der Waals surface area contributed by atoms with E-state index in [-0.39, 0.29) is 11.9 Å². The smallest absolute Gasteiger partial charge is 0.324 e. The van der Waals surface area contributed by atoms with Gasteiger partial charge < -0.3 is 4.74 Å². The number of esters is 1. The summed E-state index contributed by atoms with van der Waals surface area (Å²) < 4.78 is 27.9. The maximum absolute atomic E-state index is 11.5. The predicted molar refractivity (Wildman–Crippen MR) is 52.7 cm³/mol. The van der Waals surface area contributed by atoms with Gasteiger partial charge in [0.15, 0.2) is 15.1 Å². The average molecular weight is 220 g/mol. The first-order valence-corrected chi connectivity index (χ1v) is 6.57. The molecule has 4 nitrogen and oxygen atoms in total. The largest absolute Gasteiger partial charge is 0.462 e. The Morgan fingerprint density at radius 1 is 1.36 bits per heavy atom. The highest BCUT2D eigenvalue weighted by Gasteiger charge is 2.36. The molecule has 1 atom stereocenters. The summed E-state index contributed by atoms with van der Waals surface area (Å²) in [7, 11) is -3.24. The van der Waals surface area contributed by atoms with E-state index in [4.69, 9.17) is 4.74 Å². The minimum Gasteiger partial charge on any atom is -0.462 e. The molecule has 1 rings (SSSR count). The van der Waals surface area contributed by atoms with Crippen LogP contribution in [0.5, 0.6) is 0 Å². The average Bonchev–Trinajstić information content (AvgIpc) is 2.01. The molecule has 0 aliphatic carbocycles. The summed E-state index contributed by atoms with van der Waals surface area (Å²) in [6, 6.07) is 0. The normalized spacial score (nSPS) is 26.1. The Morgan fingerprint density at radius 2 is 2.00 bits per heavy atom. The monoisotopic (exact) mass is 220 g/mol. The predicted octanol–water partition coefficient (Wildman–Crippen LogP) is 0.905. The van der Waals surface area contributed by atoms with Gasteiger partial charge in [-0.3, -0.25) is 4.79 Å². The molecule has 82 valence electrons. The van der Waals surface area contributed by atoms with Crippen molar-refractivity contribution in [3.63, 3.8) is 0 Å². The highest BCUT2D eigenvalue weighted by atomic mass is 32.2. The number of hydrogen-bond donors (Lipinski definition) is 0. The summed E-state index contributed by atoms with van der Waals surface area (Å²) in [5.74, 6) is -0.468. The van der Waals surface area contributed by atoms with Crippen LogP contribution in [0.2, 0.25) is 0 Å². The van der Waals surface area contributed by atoms with Crippen molar-refractivity contribution in [3.05, 3.63) is 0 Å². The van der Waals surface area contributed by atoms with E-state index in [1.165, 1.54) is 0 Å². The van der Waals surface area contributed by atoms with Crippen LogP contribution in [0.15, 0.2) is 0 Å². The SMILES string of the molecule is CC(C)OC(=O)C1CCCCS1(=O)=O. The fourth-order valence-electron chi connectivity index (χ4n) is 1.53. The third-order valence-corrected chi connectivity index (χ3v) is 4.35. The molecule has 0 saturated carbocycles. The molecule has 14 heavy (non-hydrogen) atoms. The van der Waals surface area contributed by atoms with Crippen molar-refractivity contribution in [1.29, 1.82) is 0 Å². The fraction of sp³-hybridized carbons (Fsp3) is 0.889. The molecule has 0 aromatic rings. The Kier molecular flexibility index (Phi) is 3.53. The van der Waals surface area contributed by atoms with Crippen molar-refractivity contribution in [2.45, 2.75) is 44.5 Å². The third kappa shape index (κ3) is 2.70. The molecule has 0 bridgehead atoms. The van der Waals surface area contributed by atoms with E-state index < -0.39 is 21.1 Å². The van der Waals surface area contributed by atoms with Crippen molar-refractivity contribution < 1.29 is 17.9 Å². The van der Waals surface area contributed by atoms with Crippen LogP contribution in [-0.2, 0) is 19.4 Å². The minimum absolute atomic E-state index is 0.116. The van der Waals surface area contributed by atoms with Crippen molar-refractivity contribution in [3.8, 4) is 0 Å². The summed E-state index contributed by atoms with van der Waals surface area (Å²) in [6.45, 7) is 3.43. The Bertz CT molecular complexity index is 305. The lowest BCUT2D eigenvalue weighted by Crippen LogP contribution is -2.37. The van der Waals surface area contributed by atoms with E-state index in [9.17, 15) is 13.2 Å². The van der Waals surface area contributed by atoms with Crippen molar-refractivity contribution in [2.24, 2.45) is 0 Å². The van der Waals surface area contributed by atoms with Crippen LogP contribution >= 0.6 is 0 Å². The van der Waals surface area contributed by atoms with Gasteiger partial charge >= 0.3 is 5.97 Å². The van der Waals surface area contributed by atoms with Crippen LogP contribution in [0.1, 0.15) is 33.1 Å². The minimum atomic E-state index is -3.24. The molecule has 0 amide bonds. The van der Waals surface area contributed by atoms with Gasteiger partial charge in [0.1, 0.15) is 0 Å². The second-order valence-electron chi connectivity index (χ2n) is 3.84. The third-order valence-electron chi connectivity index (χ3n) is 2.19. The second-order valence-corrected chi connectivity index (χ2v) is 6.14. The lowest BCUT2D eigenvalue weighted by atomic mass is 10.2. The summed E-state index contributed by atoms with van der Waals surface area (Å²) >= 11 is 0. The van der Waals surface area contributed by atoms with E-state index in [1.54, 1.807) is 13.8 Å². The topological polar surface area (TPSA) is 60.4 Å². The van der Waals surface area contributed by atoms with Crippen LogP contribution in [0, 0.1) is 0 Å². The van der Waals surface area contributed by atoms with Gasteiger partial charge in [-0.1, -0.05) is 6.42 Å². The van der Waals surface area contributed by atoms with Gasteiger partial charge in [0.2, 0.25) is 0 Å². The summed E-state index contributed by atoms with van der Waals surface area (Å²) in [5, 5.41) is -0.918. The van der Waals surface area contributed by atoms with E-state index in [1.807, 2.05) is 0 Å². The Morgan fingerprint density at radius 3 is 2.50 bits per heavy atom. The van der Waals surface area contributed by atoms with Crippen LogP contribution in [0.25, 0.3) is 0 Å². The van der Waals surface area contributed by atoms with Crippen LogP contribution in [0.3, 0.4) is 0 Å². The van der Waals surface area contributed by atoms with Crippen LogP contribution in [0.4, 0.5) is 0 Å². The van der Waals surface area contributed by atoms with Gasteiger partial charge in [0, 0.05) is 0 Å². The number of ether oxygens (including phenoxy) is 1. The molecule has 1 aliphatic rings. The molecule has 1 saturated heterocycles. The maximum Gasteiger partial charge on any atom is 0.324 e. The first-order valence-electron chi connectivity index (χ1n) is 4.85. The van der Waals surface area contributed by atoms with E-state index >= 15 is 0 Å². The molecule has 0 radical (unpaired) electrons. The summed E-state index contributed by atoms with van der Waals surface area (Å²) in [6.07, 6.45) is 1.61. The summed E-state index contributed by atoms with van der Waals surface area (Å²) in [4.78, 5) is 11.4. The standard InChI is InChI=1S/C9H16O4S/c1-7(2)13-9(10)8-5-3-4-6-14(8,11)12/h7-8H,3-6H2,1-2H3. The first kappa shape index (κ1) is 11.5. The van der Waals surface area contributed by atoms with Gasteiger partial charge in [0.05, 0.1) is 11.9 Å². The van der Waals surface area contributed by atoms with Crippen LogP contribution < -0.4 is 0 Å². The molecule has 0 spiro atoms. The highest BCUT2D eigenvalue weighted by Crippen LogP contribution is 2.20. The molecule has 0 N–H and O–H groups in total. The highest BCUT2D eigenvalue weighted by molar-refractivity contribution is 7.92. The van der Waals surface area contributed by atoms with Gasteiger partial charge in [-0.2, -0.15) is 0 Å². The second kappa shape index (κ2) is 4.29. The zero-order valence-corrected chi connectivity index (χ0v) is 9.34. The van der Waals surface area contributed by atoms with Gasteiger partial charge in [-0.05, 0) is 26.7 Å². The van der Waals surface area contributed by atoms with Crippen molar-refractivity contribution in [2.75, 3.05) is 5.75 Å². The number of rotatable bonds is 2. The molecule has 1 aliphatic heterocycles. The van der Waals surface area contributed by atoms with Crippen LogP contribution in [-0.4, -0.2) is 31.5 Å². The lowest BCUT2D eigenvalue weighted by Gasteiger charge is -2.21. The zero-order valence-electron chi connectivity index (χ0n) is 8.52. The maximum atomic E-state index is 11.5. The van der Waals surface area contributed by atoms with E-state index in [0.29, 0.717) is 12.8 Å². The number of carbonyl (C=O) groups excluding carboxylic acids is 1. The van der Waals surface area contributed by atoms with Crippen molar-refractivity contribution >= 4 is 15.8 Å². The van der Waals surface area contributed by atoms with Gasteiger partial charge in [-0.25, -0.2) is 8.42 Å². The number of sulfone groups is 1. The Labute approximate surface area is 84.6 Å². The fourth-order valence-corrected chi connectivity index (χ4v) is 3.29. The molecule has 1 fully saturated rings. The van der Waals surface area contributed by atoms with Crippen molar-refractivity contribution in [1.82, 2.24) is 0 Å². The first-order chi connectivity index (χ1) is 6.43. The van der Waals surface area contributed by atoms with E-state index in [0.717, 1.165) is 6.42 Å². The molecule has 1 heterocycles. The van der Waals surface area contributed by atoms with Gasteiger partial charge in [0.25, 0.3) is 0 Å². The molecule has 1 unspecified atom stereocenters. The van der Waals surface area contributed by atoms with E-state index in [2.05, 4.69) is 0 Å². The molecular weight excluding hydrogens is 204 g/mol. The number of hydrogen-bond acceptors (Lipinski definition) is 4. The Balaban J connectivity index is 2.70.